The Bertz CT molecular complexity index is 719. The number of hydrogen-bond acceptors (Lipinski definition) is 3. The van der Waals surface area contributed by atoms with Crippen LogP contribution in [0.1, 0.15) is 27.7 Å². The van der Waals surface area contributed by atoms with E-state index in [0.717, 1.165) is 11.1 Å². The van der Waals surface area contributed by atoms with Gasteiger partial charge in [-0.3, -0.25) is 4.79 Å². The molecule has 2 amide bonds. The van der Waals surface area contributed by atoms with Crippen molar-refractivity contribution in [2.24, 2.45) is 0 Å². The van der Waals surface area contributed by atoms with Gasteiger partial charge in [-0.15, -0.1) is 0 Å². The normalized spacial score (nSPS) is 12.2. The van der Waals surface area contributed by atoms with E-state index >= 15 is 0 Å². The largest absolute Gasteiger partial charge is 0.444 e. The summed E-state index contributed by atoms with van der Waals surface area (Å²) in [5.41, 5.74) is 2.24. The summed E-state index contributed by atoms with van der Waals surface area (Å²) in [5, 5.41) is 5.30. The van der Waals surface area contributed by atoms with Gasteiger partial charge in [-0.25, -0.2) is 4.79 Å². The number of amides is 2. The summed E-state index contributed by atoms with van der Waals surface area (Å²) in [6.45, 7) is 6.92. The Balaban J connectivity index is 1.93. The fraction of sp³-hybridized carbons (Fsp3) is 0.300. The molecular weight excluding hydrogens is 316 g/mol. The molecule has 0 aromatic heterocycles. The summed E-state index contributed by atoms with van der Waals surface area (Å²) in [4.78, 5) is 23.9. The summed E-state index contributed by atoms with van der Waals surface area (Å²) in [6.07, 6.45) is -0.616. The molecule has 2 aromatic rings. The maximum absolute atomic E-state index is 12.2. The average molecular weight is 340 g/mol. The third kappa shape index (κ3) is 5.95. The predicted molar refractivity (Wildman–Crippen MR) is 99.3 cm³/mol. The second-order valence-electron chi connectivity index (χ2n) is 6.80. The third-order valence-corrected chi connectivity index (χ3v) is 3.39. The van der Waals surface area contributed by atoms with E-state index in [1.807, 2.05) is 54.6 Å². The number of anilines is 1. The topological polar surface area (TPSA) is 67.4 Å². The number of carbonyl (C=O) groups excluding carboxylic acids is 2. The first-order valence-electron chi connectivity index (χ1n) is 8.20. The van der Waals surface area contributed by atoms with Crippen LogP contribution in [0.3, 0.4) is 0 Å². The quantitative estimate of drug-likeness (QED) is 0.876. The first-order valence-corrected chi connectivity index (χ1v) is 8.20. The molecule has 0 bridgehead atoms. The van der Waals surface area contributed by atoms with E-state index in [0.29, 0.717) is 5.69 Å². The highest BCUT2D eigenvalue weighted by Gasteiger charge is 2.21. The van der Waals surface area contributed by atoms with E-state index in [9.17, 15) is 9.59 Å². The van der Waals surface area contributed by atoms with Crippen molar-refractivity contribution in [3.8, 4) is 11.1 Å². The molecule has 0 heterocycles. The number of nitrogens with one attached hydrogen (secondary N) is 2. The predicted octanol–water partition coefficient (Wildman–Crippen LogP) is 4.21. The zero-order valence-corrected chi connectivity index (χ0v) is 15.0. The number of benzene rings is 2. The standard InChI is InChI=1S/C20H24N2O3/c1-14(21-19(24)25-20(2,3)4)18(23)22-17-12-10-16(11-13-17)15-8-6-5-7-9-15/h5-14H,1-4H3,(H,21,24)(H,22,23). The van der Waals surface area contributed by atoms with Gasteiger partial charge >= 0.3 is 6.09 Å². The lowest BCUT2D eigenvalue weighted by Gasteiger charge is -2.21. The van der Waals surface area contributed by atoms with Crippen LogP contribution < -0.4 is 10.6 Å². The van der Waals surface area contributed by atoms with Crippen LogP contribution in [0.15, 0.2) is 54.6 Å². The molecule has 0 aliphatic carbocycles. The average Bonchev–Trinajstić information content (AvgIpc) is 2.54. The summed E-state index contributed by atoms with van der Waals surface area (Å²) < 4.78 is 5.14. The number of alkyl carbamates (subject to hydrolysis) is 1. The number of ether oxygens (including phenoxy) is 1. The summed E-state index contributed by atoms with van der Waals surface area (Å²) >= 11 is 0. The van der Waals surface area contributed by atoms with Crippen molar-refractivity contribution >= 4 is 17.7 Å². The number of carbonyl (C=O) groups is 2. The fourth-order valence-corrected chi connectivity index (χ4v) is 2.18. The van der Waals surface area contributed by atoms with Crippen molar-refractivity contribution < 1.29 is 14.3 Å². The molecule has 2 aromatic carbocycles. The van der Waals surface area contributed by atoms with Crippen LogP contribution in [0, 0.1) is 0 Å². The van der Waals surface area contributed by atoms with Crippen molar-refractivity contribution in [2.75, 3.05) is 5.32 Å². The lowest BCUT2D eigenvalue weighted by atomic mass is 10.1. The zero-order chi connectivity index (χ0) is 18.4. The van der Waals surface area contributed by atoms with E-state index in [2.05, 4.69) is 10.6 Å². The molecule has 0 fully saturated rings. The Morgan fingerprint density at radius 1 is 0.920 bits per heavy atom. The Morgan fingerprint density at radius 3 is 2.04 bits per heavy atom. The molecule has 0 spiro atoms. The first kappa shape index (κ1) is 18.5. The lowest BCUT2D eigenvalue weighted by Crippen LogP contribution is -2.43. The van der Waals surface area contributed by atoms with Gasteiger partial charge < -0.3 is 15.4 Å². The molecule has 132 valence electrons. The molecule has 25 heavy (non-hydrogen) atoms. The van der Waals surface area contributed by atoms with Gasteiger partial charge in [-0.2, -0.15) is 0 Å². The number of hydrogen-bond donors (Lipinski definition) is 2. The number of rotatable bonds is 4. The van der Waals surface area contributed by atoms with Crippen LogP contribution in [-0.2, 0) is 9.53 Å². The highest BCUT2D eigenvalue weighted by atomic mass is 16.6. The van der Waals surface area contributed by atoms with Gasteiger partial charge in [0.15, 0.2) is 0 Å². The molecule has 5 nitrogen and oxygen atoms in total. The molecule has 2 N–H and O–H groups in total. The molecule has 2 rings (SSSR count). The van der Waals surface area contributed by atoms with Gasteiger partial charge in [0, 0.05) is 5.69 Å². The molecule has 0 aliphatic rings. The molecule has 5 heteroatoms. The van der Waals surface area contributed by atoms with Crippen molar-refractivity contribution in [2.45, 2.75) is 39.3 Å². The highest BCUT2D eigenvalue weighted by molar-refractivity contribution is 5.96. The highest BCUT2D eigenvalue weighted by Crippen LogP contribution is 2.21. The molecule has 1 unspecified atom stereocenters. The van der Waals surface area contributed by atoms with Crippen LogP contribution in [0.25, 0.3) is 11.1 Å². The van der Waals surface area contributed by atoms with Gasteiger partial charge in [0.25, 0.3) is 0 Å². The second kappa shape index (κ2) is 7.83. The molecule has 1 atom stereocenters. The first-order chi connectivity index (χ1) is 11.7. The van der Waals surface area contributed by atoms with E-state index in [1.165, 1.54) is 0 Å². The van der Waals surface area contributed by atoms with Crippen molar-refractivity contribution in [3.63, 3.8) is 0 Å². The maximum Gasteiger partial charge on any atom is 0.408 e. The SMILES string of the molecule is CC(NC(=O)OC(C)(C)C)C(=O)Nc1ccc(-c2ccccc2)cc1. The fourth-order valence-electron chi connectivity index (χ4n) is 2.18. The van der Waals surface area contributed by atoms with Crippen LogP contribution in [0.5, 0.6) is 0 Å². The zero-order valence-electron chi connectivity index (χ0n) is 15.0. The Labute approximate surface area is 148 Å². The van der Waals surface area contributed by atoms with Crippen LogP contribution in [-0.4, -0.2) is 23.6 Å². The molecule has 0 saturated heterocycles. The van der Waals surface area contributed by atoms with Crippen LogP contribution >= 0.6 is 0 Å². The molecule has 0 radical (unpaired) electrons. The smallest absolute Gasteiger partial charge is 0.408 e. The minimum absolute atomic E-state index is 0.307. The summed E-state index contributed by atoms with van der Waals surface area (Å²) in [7, 11) is 0. The molecular formula is C20H24N2O3. The Hall–Kier alpha value is -2.82. The second-order valence-corrected chi connectivity index (χ2v) is 6.80. The summed E-state index contributed by atoms with van der Waals surface area (Å²) in [6, 6.07) is 16.8. The van der Waals surface area contributed by atoms with Crippen LogP contribution in [0.4, 0.5) is 10.5 Å². The summed E-state index contributed by atoms with van der Waals surface area (Å²) in [5.74, 6) is -0.307. The van der Waals surface area contributed by atoms with Gasteiger partial charge in [0.05, 0.1) is 0 Å². The van der Waals surface area contributed by atoms with E-state index in [-0.39, 0.29) is 5.91 Å². The van der Waals surface area contributed by atoms with E-state index < -0.39 is 17.7 Å². The third-order valence-electron chi connectivity index (χ3n) is 3.39. The maximum atomic E-state index is 12.2. The van der Waals surface area contributed by atoms with Crippen molar-refractivity contribution in [1.82, 2.24) is 5.32 Å². The molecule has 0 aliphatic heterocycles. The minimum Gasteiger partial charge on any atom is -0.444 e. The van der Waals surface area contributed by atoms with Crippen molar-refractivity contribution in [1.29, 1.82) is 0 Å². The van der Waals surface area contributed by atoms with Crippen molar-refractivity contribution in [3.05, 3.63) is 54.6 Å². The van der Waals surface area contributed by atoms with E-state index in [1.54, 1.807) is 27.7 Å². The van der Waals surface area contributed by atoms with E-state index in [4.69, 9.17) is 4.74 Å². The van der Waals surface area contributed by atoms with Gasteiger partial charge in [0.1, 0.15) is 11.6 Å². The van der Waals surface area contributed by atoms with Gasteiger partial charge in [-0.05, 0) is 51.0 Å². The van der Waals surface area contributed by atoms with Crippen LogP contribution in [0.2, 0.25) is 0 Å². The molecule has 0 saturated carbocycles. The lowest BCUT2D eigenvalue weighted by molar-refractivity contribution is -0.117. The van der Waals surface area contributed by atoms with Gasteiger partial charge in [0.2, 0.25) is 5.91 Å². The Kier molecular flexibility index (Phi) is 5.80. The minimum atomic E-state index is -0.705. The van der Waals surface area contributed by atoms with Gasteiger partial charge in [-0.1, -0.05) is 42.5 Å². The monoisotopic (exact) mass is 340 g/mol. The Morgan fingerprint density at radius 2 is 1.48 bits per heavy atom.